The maximum Gasteiger partial charge on any atom is 0.111 e. The Morgan fingerprint density at radius 2 is 1.06 bits per heavy atom. The van der Waals surface area contributed by atoms with Gasteiger partial charge in [-0.1, -0.05) is 6.92 Å². The Kier molecular flexibility index (Phi) is 7.00. The Hall–Kier alpha value is -0.280. The average Bonchev–Trinajstić information content (AvgIpc) is 2.32. The van der Waals surface area contributed by atoms with E-state index in [-0.39, 0.29) is 6.42 Å². The molecule has 7 N–H and O–H groups in total. The minimum atomic E-state index is -1.86. The zero-order valence-corrected chi connectivity index (χ0v) is 9.01. The van der Waals surface area contributed by atoms with Gasteiger partial charge in [-0.25, -0.2) is 0 Å². The van der Waals surface area contributed by atoms with Gasteiger partial charge in [0.05, 0.1) is 12.7 Å². The van der Waals surface area contributed by atoms with Crippen molar-refractivity contribution in [1.82, 2.24) is 0 Å². The third kappa shape index (κ3) is 3.95. The molecule has 2 unspecified atom stereocenters. The fourth-order valence-corrected chi connectivity index (χ4v) is 1.21. The van der Waals surface area contributed by atoms with Crippen molar-refractivity contribution in [2.75, 3.05) is 6.61 Å². The highest BCUT2D eigenvalue weighted by Gasteiger charge is 2.36. The van der Waals surface area contributed by atoms with E-state index in [0.717, 1.165) is 0 Å². The molecule has 0 fully saturated rings. The molecule has 0 spiro atoms. The molecule has 7 nitrogen and oxygen atoms in total. The van der Waals surface area contributed by atoms with Gasteiger partial charge in [-0.2, -0.15) is 0 Å². The molecule has 98 valence electrons. The molecule has 0 bridgehead atoms. The summed E-state index contributed by atoms with van der Waals surface area (Å²) in [7, 11) is 0. The minimum Gasteiger partial charge on any atom is -0.394 e. The Balaban J connectivity index is 4.41. The molecule has 0 radical (unpaired) electrons. The zero-order chi connectivity index (χ0) is 12.9. The van der Waals surface area contributed by atoms with Crippen molar-refractivity contribution in [2.45, 2.75) is 50.0 Å². The van der Waals surface area contributed by atoms with Crippen LogP contribution in [0.4, 0.5) is 0 Å². The number of aliphatic hydroxyl groups excluding tert-OH is 7. The molecule has 0 rings (SSSR count). The Morgan fingerprint density at radius 1 is 0.688 bits per heavy atom. The van der Waals surface area contributed by atoms with Crippen molar-refractivity contribution in [3.8, 4) is 0 Å². The van der Waals surface area contributed by atoms with Crippen LogP contribution >= 0.6 is 0 Å². The first-order chi connectivity index (χ1) is 7.36. The van der Waals surface area contributed by atoms with Gasteiger partial charge in [0.25, 0.3) is 0 Å². The van der Waals surface area contributed by atoms with Gasteiger partial charge in [0, 0.05) is 0 Å². The van der Waals surface area contributed by atoms with Gasteiger partial charge < -0.3 is 35.7 Å². The zero-order valence-electron chi connectivity index (χ0n) is 9.01. The molecule has 0 aliphatic carbocycles. The normalized spacial score (nSPS) is 23.2. The van der Waals surface area contributed by atoms with Crippen LogP contribution in [-0.2, 0) is 0 Å². The third-order valence-corrected chi connectivity index (χ3v) is 2.44. The number of rotatable bonds is 7. The predicted molar refractivity (Wildman–Crippen MR) is 53.4 cm³/mol. The Morgan fingerprint density at radius 3 is 1.38 bits per heavy atom. The second-order valence-corrected chi connectivity index (χ2v) is 3.69. The fourth-order valence-electron chi connectivity index (χ4n) is 1.21. The van der Waals surface area contributed by atoms with Crippen molar-refractivity contribution in [1.29, 1.82) is 0 Å². The van der Waals surface area contributed by atoms with Gasteiger partial charge in [-0.05, 0) is 6.42 Å². The maximum absolute atomic E-state index is 9.39. The molecule has 0 saturated carbocycles. The third-order valence-electron chi connectivity index (χ3n) is 2.44. The van der Waals surface area contributed by atoms with E-state index in [9.17, 15) is 25.5 Å². The summed E-state index contributed by atoms with van der Waals surface area (Å²) in [6, 6.07) is 0. The van der Waals surface area contributed by atoms with Crippen LogP contribution < -0.4 is 0 Å². The first kappa shape index (κ1) is 15.7. The van der Waals surface area contributed by atoms with Crippen LogP contribution in [0.1, 0.15) is 13.3 Å². The van der Waals surface area contributed by atoms with Gasteiger partial charge >= 0.3 is 0 Å². The molecule has 7 heteroatoms. The SMILES string of the molecule is CCC(O)C(O)[C@@H](O)[C@H](O)[C@H](O)[C@@H](O)CO. The first-order valence-corrected chi connectivity index (χ1v) is 5.06. The highest BCUT2D eigenvalue weighted by molar-refractivity contribution is 4.87. The van der Waals surface area contributed by atoms with Crippen LogP contribution in [-0.4, -0.2) is 79.0 Å². The summed E-state index contributed by atoms with van der Waals surface area (Å²) in [6.07, 6.45) is -9.84. The van der Waals surface area contributed by atoms with Crippen molar-refractivity contribution < 1.29 is 35.7 Å². The van der Waals surface area contributed by atoms with Crippen molar-refractivity contribution in [3.63, 3.8) is 0 Å². The maximum atomic E-state index is 9.39. The summed E-state index contributed by atoms with van der Waals surface area (Å²) in [5.74, 6) is 0. The molecule has 0 aromatic rings. The number of hydrogen-bond acceptors (Lipinski definition) is 7. The van der Waals surface area contributed by atoms with E-state index < -0.39 is 43.2 Å². The fraction of sp³-hybridized carbons (Fsp3) is 1.00. The standard InChI is InChI=1S/C9H20O7/c1-2-4(11)6(13)8(15)9(16)7(14)5(12)3-10/h4-16H,2-3H2,1H3/t4?,5-,6?,7+,8+,9+/m0/s1. The van der Waals surface area contributed by atoms with E-state index in [0.29, 0.717) is 0 Å². The molecular weight excluding hydrogens is 220 g/mol. The van der Waals surface area contributed by atoms with Gasteiger partial charge in [-0.15, -0.1) is 0 Å². The average molecular weight is 240 g/mol. The molecule has 0 aliphatic rings. The van der Waals surface area contributed by atoms with Crippen LogP contribution in [0.5, 0.6) is 0 Å². The van der Waals surface area contributed by atoms with Crippen LogP contribution in [0.2, 0.25) is 0 Å². The second kappa shape index (κ2) is 7.13. The molecule has 0 aromatic heterocycles. The van der Waals surface area contributed by atoms with Crippen LogP contribution in [0, 0.1) is 0 Å². The molecule has 0 saturated heterocycles. The van der Waals surface area contributed by atoms with Crippen molar-refractivity contribution >= 4 is 0 Å². The lowest BCUT2D eigenvalue weighted by atomic mass is 9.96. The predicted octanol–water partition coefficient (Wildman–Crippen LogP) is -3.45. The molecule has 6 atom stereocenters. The van der Waals surface area contributed by atoms with Gasteiger partial charge in [-0.3, -0.25) is 0 Å². The van der Waals surface area contributed by atoms with Crippen molar-refractivity contribution in [2.24, 2.45) is 0 Å². The first-order valence-electron chi connectivity index (χ1n) is 5.06. The molecule has 0 aromatic carbocycles. The summed E-state index contributed by atoms with van der Waals surface area (Å²) in [5, 5.41) is 64.1. The van der Waals surface area contributed by atoms with E-state index in [1.807, 2.05) is 0 Å². The lowest BCUT2D eigenvalue weighted by Gasteiger charge is -2.30. The summed E-state index contributed by atoms with van der Waals surface area (Å²) in [4.78, 5) is 0. The van der Waals surface area contributed by atoms with Crippen LogP contribution in [0.25, 0.3) is 0 Å². The summed E-state index contributed by atoms with van der Waals surface area (Å²) in [6.45, 7) is 0.767. The molecule has 16 heavy (non-hydrogen) atoms. The van der Waals surface area contributed by atoms with Crippen LogP contribution in [0.3, 0.4) is 0 Å². The molecule has 0 amide bonds. The lowest BCUT2D eigenvalue weighted by molar-refractivity contribution is -0.157. The van der Waals surface area contributed by atoms with E-state index in [1.54, 1.807) is 6.92 Å². The van der Waals surface area contributed by atoms with E-state index >= 15 is 0 Å². The van der Waals surface area contributed by atoms with Gasteiger partial charge in [0.15, 0.2) is 0 Å². The van der Waals surface area contributed by atoms with Crippen LogP contribution in [0.15, 0.2) is 0 Å². The van der Waals surface area contributed by atoms with E-state index in [4.69, 9.17) is 10.2 Å². The monoisotopic (exact) mass is 240 g/mol. The van der Waals surface area contributed by atoms with Crippen molar-refractivity contribution in [3.05, 3.63) is 0 Å². The smallest absolute Gasteiger partial charge is 0.111 e. The summed E-state index contributed by atoms with van der Waals surface area (Å²) < 4.78 is 0. The summed E-state index contributed by atoms with van der Waals surface area (Å²) in [5.41, 5.74) is 0. The molecular formula is C9H20O7. The Bertz CT molecular complexity index is 169. The Labute approximate surface area is 93.2 Å². The highest BCUT2D eigenvalue weighted by Crippen LogP contribution is 2.12. The van der Waals surface area contributed by atoms with Gasteiger partial charge in [0.1, 0.15) is 30.5 Å². The largest absolute Gasteiger partial charge is 0.394 e. The topological polar surface area (TPSA) is 142 Å². The highest BCUT2D eigenvalue weighted by atomic mass is 16.4. The summed E-state index contributed by atoms with van der Waals surface area (Å²) >= 11 is 0. The van der Waals surface area contributed by atoms with E-state index in [1.165, 1.54) is 0 Å². The number of aliphatic hydroxyl groups is 7. The van der Waals surface area contributed by atoms with Gasteiger partial charge in [0.2, 0.25) is 0 Å². The second-order valence-electron chi connectivity index (χ2n) is 3.69. The van der Waals surface area contributed by atoms with E-state index in [2.05, 4.69) is 0 Å². The number of hydrogen-bond donors (Lipinski definition) is 7. The quantitative estimate of drug-likeness (QED) is 0.245. The minimum absolute atomic E-state index is 0.156. The molecule has 0 aliphatic heterocycles. The lowest BCUT2D eigenvalue weighted by Crippen LogP contribution is -2.52. The molecule has 0 heterocycles.